The number of aromatic amines is 1. The van der Waals surface area contributed by atoms with E-state index in [9.17, 15) is 9.90 Å². The van der Waals surface area contributed by atoms with Crippen molar-refractivity contribution in [1.29, 1.82) is 0 Å². The molecule has 0 aromatic carbocycles. The third-order valence-corrected chi connectivity index (χ3v) is 4.54. The van der Waals surface area contributed by atoms with Gasteiger partial charge < -0.3 is 19.3 Å². The predicted molar refractivity (Wildman–Crippen MR) is 82.0 cm³/mol. The van der Waals surface area contributed by atoms with Gasteiger partial charge in [-0.05, 0) is 19.6 Å². The summed E-state index contributed by atoms with van der Waals surface area (Å²) in [5.41, 5.74) is 0.328. The Morgan fingerprint density at radius 3 is 3.00 bits per heavy atom. The van der Waals surface area contributed by atoms with Crippen LogP contribution in [-0.2, 0) is 9.16 Å². The fourth-order valence-corrected chi connectivity index (χ4v) is 3.17. The van der Waals surface area contributed by atoms with Gasteiger partial charge in [-0.2, -0.15) is 0 Å². The topological polar surface area (TPSA) is 102 Å². The van der Waals surface area contributed by atoms with Gasteiger partial charge in [0.25, 0.3) is 5.56 Å². The third kappa shape index (κ3) is 2.97. The third-order valence-electron chi connectivity index (χ3n) is 3.51. The van der Waals surface area contributed by atoms with Crippen molar-refractivity contribution in [3.63, 3.8) is 0 Å². The van der Waals surface area contributed by atoms with Gasteiger partial charge in [0.2, 0.25) is 0 Å². The van der Waals surface area contributed by atoms with Gasteiger partial charge >= 0.3 is 0 Å². The average Bonchev–Trinajstić information content (AvgIpc) is 3.00. The molecule has 22 heavy (non-hydrogen) atoms. The Morgan fingerprint density at radius 1 is 1.50 bits per heavy atom. The summed E-state index contributed by atoms with van der Waals surface area (Å²) in [4.78, 5) is 22.3. The van der Waals surface area contributed by atoms with Crippen LogP contribution in [0.4, 0.5) is 0 Å². The standard InChI is InChI=1S/C13H20N4O4Si/c1-22(2,3)20-5-8-4-9(18)13(21-8)17-7-16-10-11(17)14-6-15-12(10)19/h6-9,13,18H,4-5H2,1-3H3,(H,14,15,19)/t8-,9?,13+/m0/s1. The Hall–Kier alpha value is -1.55. The summed E-state index contributed by atoms with van der Waals surface area (Å²) in [5.74, 6) is 0. The van der Waals surface area contributed by atoms with Crippen molar-refractivity contribution in [2.75, 3.05) is 6.61 Å². The lowest BCUT2D eigenvalue weighted by Gasteiger charge is -2.21. The molecule has 2 N–H and O–H groups in total. The van der Waals surface area contributed by atoms with Crippen LogP contribution in [0.3, 0.4) is 0 Å². The lowest BCUT2D eigenvalue weighted by atomic mass is 10.2. The molecule has 0 amide bonds. The number of fused-ring (bicyclic) bond motifs is 1. The van der Waals surface area contributed by atoms with Crippen molar-refractivity contribution < 1.29 is 14.3 Å². The molecule has 0 saturated carbocycles. The summed E-state index contributed by atoms with van der Waals surface area (Å²) in [6, 6.07) is 0. The Bertz CT molecular complexity index is 723. The maximum Gasteiger partial charge on any atom is 0.278 e. The molecule has 2 aromatic heterocycles. The number of aliphatic hydroxyl groups is 1. The molecule has 8 nitrogen and oxygen atoms in total. The van der Waals surface area contributed by atoms with Gasteiger partial charge in [-0.3, -0.25) is 9.36 Å². The molecule has 2 aromatic rings. The summed E-state index contributed by atoms with van der Waals surface area (Å²) in [5, 5.41) is 10.3. The number of nitrogens with one attached hydrogen (secondary N) is 1. The van der Waals surface area contributed by atoms with E-state index in [1.165, 1.54) is 12.7 Å². The maximum atomic E-state index is 11.7. The van der Waals surface area contributed by atoms with Crippen molar-refractivity contribution in [3.05, 3.63) is 23.0 Å². The van der Waals surface area contributed by atoms with Crippen LogP contribution in [0.25, 0.3) is 11.2 Å². The van der Waals surface area contributed by atoms with E-state index in [2.05, 4.69) is 34.6 Å². The Balaban J connectivity index is 1.80. The van der Waals surface area contributed by atoms with Crippen LogP contribution in [0.1, 0.15) is 12.6 Å². The number of ether oxygens (including phenoxy) is 1. The lowest BCUT2D eigenvalue weighted by molar-refractivity contribution is -0.0466. The van der Waals surface area contributed by atoms with Crippen LogP contribution in [0.5, 0.6) is 0 Å². The smallest absolute Gasteiger partial charge is 0.278 e. The molecule has 0 aliphatic carbocycles. The zero-order chi connectivity index (χ0) is 15.9. The van der Waals surface area contributed by atoms with Gasteiger partial charge in [-0.15, -0.1) is 0 Å². The predicted octanol–water partition coefficient (Wildman–Crippen LogP) is 0.619. The first-order chi connectivity index (χ1) is 10.3. The summed E-state index contributed by atoms with van der Waals surface area (Å²) >= 11 is 0. The number of aliphatic hydroxyl groups excluding tert-OH is 1. The number of nitrogens with zero attached hydrogens (tertiary/aromatic N) is 3. The monoisotopic (exact) mass is 324 g/mol. The van der Waals surface area contributed by atoms with E-state index in [1.54, 1.807) is 4.57 Å². The van der Waals surface area contributed by atoms with E-state index in [0.29, 0.717) is 18.7 Å². The first-order valence-corrected chi connectivity index (χ1v) is 10.6. The minimum atomic E-state index is -1.62. The van der Waals surface area contributed by atoms with E-state index in [1.807, 2.05) is 0 Å². The SMILES string of the molecule is C[Si](C)(C)OC[C@@H]1CC(O)[C@H](n2cnc3c(=O)[nH]cnc32)O1. The van der Waals surface area contributed by atoms with Gasteiger partial charge in [0.15, 0.2) is 25.7 Å². The summed E-state index contributed by atoms with van der Waals surface area (Å²) in [7, 11) is -1.62. The second kappa shape index (κ2) is 5.58. The molecular formula is C13H20N4O4Si. The van der Waals surface area contributed by atoms with E-state index in [-0.39, 0.29) is 17.2 Å². The Morgan fingerprint density at radius 2 is 2.27 bits per heavy atom. The number of hydrogen-bond acceptors (Lipinski definition) is 6. The number of aromatic nitrogens is 4. The van der Waals surface area contributed by atoms with E-state index in [4.69, 9.17) is 9.16 Å². The molecule has 1 aliphatic rings. The van der Waals surface area contributed by atoms with Crippen molar-refractivity contribution >= 4 is 19.5 Å². The first kappa shape index (κ1) is 15.3. The van der Waals surface area contributed by atoms with Crippen molar-refractivity contribution in [2.45, 2.75) is 44.5 Å². The molecule has 3 rings (SSSR count). The maximum absolute atomic E-state index is 11.7. The molecule has 0 spiro atoms. The van der Waals surface area contributed by atoms with Gasteiger partial charge in [0.1, 0.15) is 6.10 Å². The van der Waals surface area contributed by atoms with Crippen molar-refractivity contribution in [1.82, 2.24) is 19.5 Å². The number of imidazole rings is 1. The van der Waals surface area contributed by atoms with Crippen molar-refractivity contribution in [2.24, 2.45) is 0 Å². The number of hydrogen-bond donors (Lipinski definition) is 2. The molecule has 0 radical (unpaired) electrons. The quantitative estimate of drug-likeness (QED) is 0.799. The van der Waals surface area contributed by atoms with Gasteiger partial charge in [0.05, 0.1) is 25.4 Å². The minimum Gasteiger partial charge on any atom is -0.415 e. The molecule has 1 saturated heterocycles. The van der Waals surface area contributed by atoms with E-state index < -0.39 is 20.6 Å². The van der Waals surface area contributed by atoms with Crippen LogP contribution < -0.4 is 5.56 Å². The second-order valence-electron chi connectivity index (χ2n) is 6.43. The minimum absolute atomic E-state index is 0.175. The molecule has 9 heteroatoms. The Labute approximate surface area is 128 Å². The first-order valence-electron chi connectivity index (χ1n) is 7.23. The number of H-pyrrole nitrogens is 1. The zero-order valence-electron chi connectivity index (χ0n) is 12.8. The average molecular weight is 324 g/mol. The van der Waals surface area contributed by atoms with Gasteiger partial charge in [-0.1, -0.05) is 0 Å². The molecule has 1 aliphatic heterocycles. The van der Waals surface area contributed by atoms with Crippen LogP contribution in [0, 0.1) is 0 Å². The van der Waals surface area contributed by atoms with Gasteiger partial charge in [0, 0.05) is 6.42 Å². The van der Waals surface area contributed by atoms with E-state index in [0.717, 1.165) is 0 Å². The molecule has 1 fully saturated rings. The Kier molecular flexibility index (Phi) is 3.89. The second-order valence-corrected chi connectivity index (χ2v) is 10.9. The normalized spacial score (nSPS) is 25.9. The molecule has 3 heterocycles. The summed E-state index contributed by atoms with van der Waals surface area (Å²) in [6.45, 7) is 6.78. The molecular weight excluding hydrogens is 304 g/mol. The van der Waals surface area contributed by atoms with Crippen LogP contribution in [0.2, 0.25) is 19.6 Å². The van der Waals surface area contributed by atoms with Gasteiger partial charge in [-0.25, -0.2) is 9.97 Å². The highest BCUT2D eigenvalue weighted by Crippen LogP contribution is 2.30. The van der Waals surface area contributed by atoms with Crippen molar-refractivity contribution in [3.8, 4) is 0 Å². The highest BCUT2D eigenvalue weighted by molar-refractivity contribution is 6.69. The number of rotatable bonds is 4. The molecule has 0 bridgehead atoms. The van der Waals surface area contributed by atoms with E-state index >= 15 is 0 Å². The highest BCUT2D eigenvalue weighted by Gasteiger charge is 2.37. The summed E-state index contributed by atoms with van der Waals surface area (Å²) < 4.78 is 13.3. The summed E-state index contributed by atoms with van der Waals surface area (Å²) in [6.07, 6.45) is 1.81. The highest BCUT2D eigenvalue weighted by atomic mass is 28.4. The molecule has 3 atom stereocenters. The fourth-order valence-electron chi connectivity index (χ4n) is 2.48. The molecule has 1 unspecified atom stereocenters. The zero-order valence-corrected chi connectivity index (χ0v) is 13.8. The largest absolute Gasteiger partial charge is 0.415 e. The fraction of sp³-hybridized carbons (Fsp3) is 0.615. The lowest BCUT2D eigenvalue weighted by Crippen LogP contribution is -2.30. The molecule has 120 valence electrons. The van der Waals surface area contributed by atoms with Crippen LogP contribution in [-0.4, -0.2) is 51.8 Å². The van der Waals surface area contributed by atoms with Crippen LogP contribution in [0.15, 0.2) is 17.4 Å². The van der Waals surface area contributed by atoms with Crippen LogP contribution >= 0.6 is 0 Å².